The quantitative estimate of drug-likeness (QED) is 0.223. The SMILES string of the molecule is COC(=O)C(C)(C)Cc1[nH]c2ccc(OCc3ccc4ccccc4n3)cc2c1C(=O)CC(C)(C)C. The van der Waals surface area contributed by atoms with Crippen LogP contribution in [0.15, 0.2) is 54.6 Å². The van der Waals surface area contributed by atoms with Crippen LogP contribution in [0.5, 0.6) is 5.75 Å². The molecule has 4 rings (SSSR count). The minimum absolute atomic E-state index is 0.0396. The number of fused-ring (bicyclic) bond motifs is 2. The van der Waals surface area contributed by atoms with E-state index in [1.165, 1.54) is 7.11 Å². The Morgan fingerprint density at radius 1 is 0.972 bits per heavy atom. The number of ether oxygens (including phenoxy) is 2. The van der Waals surface area contributed by atoms with E-state index in [9.17, 15) is 9.59 Å². The van der Waals surface area contributed by atoms with Gasteiger partial charge in [0.05, 0.1) is 23.7 Å². The van der Waals surface area contributed by atoms with Crippen molar-refractivity contribution in [2.45, 2.75) is 54.1 Å². The number of Topliss-reactive ketones (excluding diaryl/α,β-unsaturated/α-hetero) is 1. The highest BCUT2D eigenvalue weighted by atomic mass is 16.5. The summed E-state index contributed by atoms with van der Waals surface area (Å²) in [5.74, 6) is 0.375. The van der Waals surface area contributed by atoms with Gasteiger partial charge in [-0.05, 0) is 49.6 Å². The molecule has 2 aromatic heterocycles. The van der Waals surface area contributed by atoms with Crippen LogP contribution in [0.4, 0.5) is 0 Å². The molecule has 0 aliphatic heterocycles. The summed E-state index contributed by atoms with van der Waals surface area (Å²) in [5, 5.41) is 1.88. The molecule has 0 bridgehead atoms. The maximum atomic E-state index is 13.5. The zero-order valence-corrected chi connectivity index (χ0v) is 21.9. The maximum absolute atomic E-state index is 13.5. The topological polar surface area (TPSA) is 81.3 Å². The molecule has 0 spiro atoms. The van der Waals surface area contributed by atoms with Crippen molar-refractivity contribution in [3.05, 3.63) is 71.5 Å². The minimum Gasteiger partial charge on any atom is -0.487 e. The number of benzene rings is 2. The number of methoxy groups -OCH3 is 1. The Hall–Kier alpha value is -3.67. The second kappa shape index (κ2) is 9.76. The Balaban J connectivity index is 1.67. The Bertz CT molecular complexity index is 1430. The Morgan fingerprint density at radius 3 is 2.44 bits per heavy atom. The summed E-state index contributed by atoms with van der Waals surface area (Å²) in [5.41, 5.74) is 2.98. The van der Waals surface area contributed by atoms with Crippen LogP contribution in [0.2, 0.25) is 0 Å². The lowest BCUT2D eigenvalue weighted by Crippen LogP contribution is -2.29. The lowest BCUT2D eigenvalue weighted by atomic mass is 9.83. The van der Waals surface area contributed by atoms with Gasteiger partial charge in [-0.3, -0.25) is 9.59 Å². The number of nitrogens with zero attached hydrogens (tertiary/aromatic N) is 1. The van der Waals surface area contributed by atoms with Crippen molar-refractivity contribution in [2.75, 3.05) is 7.11 Å². The summed E-state index contributed by atoms with van der Waals surface area (Å²) in [7, 11) is 1.38. The fourth-order valence-corrected chi connectivity index (χ4v) is 4.47. The van der Waals surface area contributed by atoms with Gasteiger partial charge in [-0.25, -0.2) is 4.98 Å². The predicted octanol–water partition coefficient (Wildman–Crippen LogP) is 6.66. The summed E-state index contributed by atoms with van der Waals surface area (Å²) in [6.45, 7) is 10.1. The Labute approximate surface area is 212 Å². The molecule has 0 amide bonds. The fraction of sp³-hybridized carbons (Fsp3) is 0.367. The summed E-state index contributed by atoms with van der Waals surface area (Å²) in [6, 6.07) is 17.7. The van der Waals surface area contributed by atoms with Gasteiger partial charge < -0.3 is 14.5 Å². The molecule has 0 aliphatic carbocycles. The summed E-state index contributed by atoms with van der Waals surface area (Å²) in [4.78, 5) is 34.0. The van der Waals surface area contributed by atoms with Crippen molar-refractivity contribution in [1.29, 1.82) is 0 Å². The first-order valence-corrected chi connectivity index (χ1v) is 12.2. The van der Waals surface area contributed by atoms with Gasteiger partial charge in [0.15, 0.2) is 5.78 Å². The number of rotatable bonds is 8. The molecular weight excluding hydrogens is 452 g/mol. The van der Waals surface area contributed by atoms with Gasteiger partial charge in [-0.2, -0.15) is 0 Å². The van der Waals surface area contributed by atoms with Gasteiger partial charge in [0.2, 0.25) is 0 Å². The molecule has 0 unspecified atom stereocenters. The smallest absolute Gasteiger partial charge is 0.311 e. The first-order valence-electron chi connectivity index (χ1n) is 12.2. The maximum Gasteiger partial charge on any atom is 0.311 e. The number of carbonyl (C=O) groups is 2. The summed E-state index contributed by atoms with van der Waals surface area (Å²) in [6.07, 6.45) is 0.745. The van der Waals surface area contributed by atoms with Crippen molar-refractivity contribution in [2.24, 2.45) is 10.8 Å². The number of aromatic nitrogens is 2. The first kappa shape index (κ1) is 25.4. The van der Waals surface area contributed by atoms with Crippen molar-refractivity contribution < 1.29 is 19.1 Å². The normalized spacial score (nSPS) is 12.2. The molecule has 2 aromatic carbocycles. The van der Waals surface area contributed by atoms with Crippen LogP contribution in [0.3, 0.4) is 0 Å². The van der Waals surface area contributed by atoms with Crippen molar-refractivity contribution in [1.82, 2.24) is 9.97 Å². The van der Waals surface area contributed by atoms with E-state index in [0.717, 1.165) is 33.2 Å². The van der Waals surface area contributed by atoms with Crippen molar-refractivity contribution in [3.8, 4) is 5.75 Å². The van der Waals surface area contributed by atoms with Gasteiger partial charge in [-0.1, -0.05) is 45.0 Å². The second-order valence-electron chi connectivity index (χ2n) is 11.2. The molecule has 0 radical (unpaired) electrons. The van der Waals surface area contributed by atoms with Crippen molar-refractivity contribution in [3.63, 3.8) is 0 Å². The van der Waals surface area contributed by atoms with E-state index >= 15 is 0 Å². The van der Waals surface area contributed by atoms with Crippen LogP contribution in [-0.4, -0.2) is 28.8 Å². The third-order valence-electron chi connectivity index (χ3n) is 6.22. The molecule has 0 atom stereocenters. The van der Waals surface area contributed by atoms with E-state index < -0.39 is 5.41 Å². The van der Waals surface area contributed by atoms with Crippen LogP contribution in [0.25, 0.3) is 21.8 Å². The number of para-hydroxylation sites is 1. The second-order valence-corrected chi connectivity index (χ2v) is 11.2. The molecule has 36 heavy (non-hydrogen) atoms. The Morgan fingerprint density at radius 2 is 1.72 bits per heavy atom. The number of H-pyrrole nitrogens is 1. The molecule has 1 N–H and O–H groups in total. The fourth-order valence-electron chi connectivity index (χ4n) is 4.47. The third-order valence-corrected chi connectivity index (χ3v) is 6.22. The van der Waals surface area contributed by atoms with Gasteiger partial charge in [0.25, 0.3) is 0 Å². The number of hydrogen-bond donors (Lipinski definition) is 1. The Kier molecular flexibility index (Phi) is 6.90. The number of nitrogens with one attached hydrogen (secondary N) is 1. The molecule has 4 aromatic rings. The van der Waals surface area contributed by atoms with Gasteiger partial charge in [-0.15, -0.1) is 0 Å². The lowest BCUT2D eigenvalue weighted by Gasteiger charge is -2.22. The number of esters is 1. The molecule has 188 valence electrons. The van der Waals surface area contributed by atoms with Crippen LogP contribution in [0.1, 0.15) is 62.8 Å². The van der Waals surface area contributed by atoms with E-state index in [1.54, 1.807) is 0 Å². The standard InChI is InChI=1S/C30H34N2O4/c1-29(2,3)17-26(33)27-22-15-21(36-18-20-12-11-19-9-7-8-10-23(19)31-20)13-14-24(22)32-25(27)16-30(4,5)28(34)35-6/h7-15,32H,16-18H2,1-6H3. The number of carbonyl (C=O) groups excluding carboxylic acids is 2. The zero-order valence-electron chi connectivity index (χ0n) is 21.9. The zero-order chi connectivity index (χ0) is 26.1. The highest BCUT2D eigenvalue weighted by Crippen LogP contribution is 2.34. The van der Waals surface area contributed by atoms with Gasteiger partial charge in [0.1, 0.15) is 12.4 Å². The van der Waals surface area contributed by atoms with Gasteiger partial charge in [0, 0.05) is 40.4 Å². The van der Waals surface area contributed by atoms with E-state index in [0.29, 0.717) is 30.8 Å². The van der Waals surface area contributed by atoms with Crippen molar-refractivity contribution >= 4 is 33.6 Å². The number of hydrogen-bond acceptors (Lipinski definition) is 5. The van der Waals surface area contributed by atoms with Gasteiger partial charge >= 0.3 is 5.97 Å². The number of aromatic amines is 1. The molecule has 6 heteroatoms. The monoisotopic (exact) mass is 486 g/mol. The molecule has 0 saturated carbocycles. The van der Waals surface area contributed by atoms with E-state index in [4.69, 9.17) is 9.47 Å². The molecule has 0 aliphatic rings. The predicted molar refractivity (Wildman–Crippen MR) is 142 cm³/mol. The van der Waals surface area contributed by atoms with E-state index in [2.05, 4.69) is 9.97 Å². The first-order chi connectivity index (χ1) is 17.0. The molecule has 2 heterocycles. The molecule has 6 nitrogen and oxygen atoms in total. The third kappa shape index (κ3) is 5.59. The minimum atomic E-state index is -0.784. The summed E-state index contributed by atoms with van der Waals surface area (Å²) < 4.78 is 11.1. The number of pyridine rings is 1. The van der Waals surface area contributed by atoms with Crippen LogP contribution < -0.4 is 4.74 Å². The largest absolute Gasteiger partial charge is 0.487 e. The molecule has 0 saturated heterocycles. The summed E-state index contributed by atoms with van der Waals surface area (Å²) >= 11 is 0. The van der Waals surface area contributed by atoms with Crippen LogP contribution in [-0.2, 0) is 22.6 Å². The van der Waals surface area contributed by atoms with E-state index in [1.807, 2.05) is 89.2 Å². The average molecular weight is 487 g/mol. The number of ketones is 1. The van der Waals surface area contributed by atoms with Crippen LogP contribution >= 0.6 is 0 Å². The molecular formula is C30H34N2O4. The van der Waals surface area contributed by atoms with E-state index in [-0.39, 0.29) is 17.2 Å². The lowest BCUT2D eigenvalue weighted by molar-refractivity contribution is -0.150. The highest BCUT2D eigenvalue weighted by Gasteiger charge is 2.33. The highest BCUT2D eigenvalue weighted by molar-refractivity contribution is 6.10. The van der Waals surface area contributed by atoms with Crippen LogP contribution in [0, 0.1) is 10.8 Å². The average Bonchev–Trinajstić information content (AvgIpc) is 3.17. The molecule has 0 fully saturated rings.